The predicted octanol–water partition coefficient (Wildman–Crippen LogP) is 2.39. The Labute approximate surface area is 70.3 Å². The third-order valence-electron chi connectivity index (χ3n) is 1.47. The van der Waals surface area contributed by atoms with E-state index in [-0.39, 0.29) is 0 Å². The standard InChI is InChI=1S/C8H11NOS/c1-5(2)8-6(3)9-7(4-10)11-8/h4-5H,1-3H3. The molecule has 0 atom stereocenters. The molecule has 1 heterocycles. The van der Waals surface area contributed by atoms with E-state index in [0.717, 1.165) is 12.0 Å². The van der Waals surface area contributed by atoms with Crippen molar-refractivity contribution >= 4 is 17.6 Å². The molecule has 0 saturated heterocycles. The zero-order valence-corrected chi connectivity index (χ0v) is 7.73. The summed E-state index contributed by atoms with van der Waals surface area (Å²) in [7, 11) is 0. The highest BCUT2D eigenvalue weighted by molar-refractivity contribution is 7.13. The van der Waals surface area contributed by atoms with E-state index in [1.807, 2.05) is 6.92 Å². The molecule has 0 amide bonds. The summed E-state index contributed by atoms with van der Waals surface area (Å²) in [6.07, 6.45) is 0.809. The maximum Gasteiger partial charge on any atom is 0.178 e. The normalized spacial score (nSPS) is 10.5. The van der Waals surface area contributed by atoms with Crippen molar-refractivity contribution in [1.29, 1.82) is 0 Å². The summed E-state index contributed by atoms with van der Waals surface area (Å²) in [4.78, 5) is 15.7. The Balaban J connectivity index is 3.06. The third kappa shape index (κ3) is 1.66. The van der Waals surface area contributed by atoms with Gasteiger partial charge in [0.1, 0.15) is 0 Å². The van der Waals surface area contributed by atoms with Gasteiger partial charge in [-0.3, -0.25) is 4.79 Å². The van der Waals surface area contributed by atoms with Crippen LogP contribution in [-0.2, 0) is 0 Å². The van der Waals surface area contributed by atoms with Gasteiger partial charge < -0.3 is 0 Å². The van der Waals surface area contributed by atoms with Crippen LogP contribution in [0.2, 0.25) is 0 Å². The van der Waals surface area contributed by atoms with Gasteiger partial charge in [-0.15, -0.1) is 11.3 Å². The third-order valence-corrected chi connectivity index (χ3v) is 2.86. The second-order valence-electron chi connectivity index (χ2n) is 2.77. The Bertz CT molecular complexity index is 265. The van der Waals surface area contributed by atoms with Gasteiger partial charge in [-0.05, 0) is 12.8 Å². The van der Waals surface area contributed by atoms with Gasteiger partial charge in [0.15, 0.2) is 11.3 Å². The predicted molar refractivity (Wildman–Crippen MR) is 46.3 cm³/mol. The lowest BCUT2D eigenvalue weighted by atomic mass is 10.1. The molecule has 0 radical (unpaired) electrons. The van der Waals surface area contributed by atoms with Crippen molar-refractivity contribution in [2.24, 2.45) is 0 Å². The summed E-state index contributed by atoms with van der Waals surface area (Å²) < 4.78 is 0. The topological polar surface area (TPSA) is 30.0 Å². The van der Waals surface area contributed by atoms with Crippen LogP contribution in [0.15, 0.2) is 0 Å². The number of hydrogen-bond donors (Lipinski definition) is 0. The average molecular weight is 169 g/mol. The molecular formula is C8H11NOS. The van der Waals surface area contributed by atoms with Crippen LogP contribution in [0.1, 0.15) is 40.1 Å². The van der Waals surface area contributed by atoms with Crippen molar-refractivity contribution in [3.8, 4) is 0 Å². The molecule has 11 heavy (non-hydrogen) atoms. The largest absolute Gasteiger partial charge is 0.295 e. The summed E-state index contributed by atoms with van der Waals surface area (Å²) in [5.74, 6) is 0.473. The van der Waals surface area contributed by atoms with Crippen molar-refractivity contribution in [2.45, 2.75) is 26.7 Å². The fourth-order valence-corrected chi connectivity index (χ4v) is 1.90. The van der Waals surface area contributed by atoms with Crippen LogP contribution in [0.25, 0.3) is 0 Å². The number of thiazole rings is 1. The first-order chi connectivity index (χ1) is 5.15. The summed E-state index contributed by atoms with van der Waals surface area (Å²) in [6.45, 7) is 6.16. The Kier molecular flexibility index (Phi) is 2.39. The van der Waals surface area contributed by atoms with E-state index >= 15 is 0 Å². The van der Waals surface area contributed by atoms with Crippen molar-refractivity contribution in [3.05, 3.63) is 15.6 Å². The van der Waals surface area contributed by atoms with E-state index in [2.05, 4.69) is 18.8 Å². The van der Waals surface area contributed by atoms with E-state index in [4.69, 9.17) is 0 Å². The molecule has 2 nitrogen and oxygen atoms in total. The van der Waals surface area contributed by atoms with Gasteiger partial charge in [0.05, 0.1) is 5.69 Å². The van der Waals surface area contributed by atoms with Crippen LogP contribution in [-0.4, -0.2) is 11.3 Å². The zero-order chi connectivity index (χ0) is 8.43. The summed E-state index contributed by atoms with van der Waals surface area (Å²) in [5.41, 5.74) is 0.993. The van der Waals surface area contributed by atoms with Gasteiger partial charge in [-0.1, -0.05) is 13.8 Å². The van der Waals surface area contributed by atoms with Gasteiger partial charge in [0.2, 0.25) is 0 Å². The van der Waals surface area contributed by atoms with Gasteiger partial charge in [-0.2, -0.15) is 0 Å². The van der Waals surface area contributed by atoms with Crippen molar-refractivity contribution in [1.82, 2.24) is 4.98 Å². The SMILES string of the molecule is Cc1nc(C=O)sc1C(C)C. The molecule has 60 valence electrons. The molecule has 0 spiro atoms. The molecule has 1 aromatic rings. The molecule has 3 heteroatoms. The first-order valence-electron chi connectivity index (χ1n) is 3.57. The molecule has 1 rings (SSSR count). The lowest BCUT2D eigenvalue weighted by Crippen LogP contribution is -1.84. The first-order valence-corrected chi connectivity index (χ1v) is 4.39. The second kappa shape index (κ2) is 3.13. The number of nitrogens with zero attached hydrogens (tertiary/aromatic N) is 1. The summed E-state index contributed by atoms with van der Waals surface area (Å²) in [6, 6.07) is 0. The summed E-state index contributed by atoms with van der Waals surface area (Å²) in [5, 5.41) is 0.589. The van der Waals surface area contributed by atoms with Crippen molar-refractivity contribution < 1.29 is 4.79 Å². The van der Waals surface area contributed by atoms with Crippen LogP contribution >= 0.6 is 11.3 Å². The molecule has 0 aromatic carbocycles. The van der Waals surface area contributed by atoms with Gasteiger partial charge in [0, 0.05) is 4.88 Å². The Morgan fingerprint density at radius 2 is 2.18 bits per heavy atom. The molecule has 1 aromatic heterocycles. The monoisotopic (exact) mass is 169 g/mol. The number of aldehydes is 1. The van der Waals surface area contributed by atoms with Crippen LogP contribution in [0.5, 0.6) is 0 Å². The van der Waals surface area contributed by atoms with E-state index in [1.165, 1.54) is 16.2 Å². The highest BCUT2D eigenvalue weighted by Gasteiger charge is 2.09. The minimum Gasteiger partial charge on any atom is -0.295 e. The quantitative estimate of drug-likeness (QED) is 0.636. The number of carbonyl (C=O) groups excluding carboxylic acids is 1. The minimum absolute atomic E-state index is 0.473. The first kappa shape index (κ1) is 8.40. The average Bonchev–Trinajstić information content (AvgIpc) is 2.30. The Hall–Kier alpha value is -0.700. The lowest BCUT2D eigenvalue weighted by Gasteiger charge is -1.98. The maximum atomic E-state index is 10.3. The smallest absolute Gasteiger partial charge is 0.178 e. The van der Waals surface area contributed by atoms with Crippen LogP contribution < -0.4 is 0 Å². The van der Waals surface area contributed by atoms with Gasteiger partial charge in [-0.25, -0.2) is 4.98 Å². The molecule has 0 fully saturated rings. The molecule has 0 aliphatic carbocycles. The van der Waals surface area contributed by atoms with Gasteiger partial charge in [0.25, 0.3) is 0 Å². The number of rotatable bonds is 2. The Morgan fingerprint density at radius 1 is 1.55 bits per heavy atom. The number of aryl methyl sites for hydroxylation is 1. The van der Waals surface area contributed by atoms with Crippen molar-refractivity contribution in [3.63, 3.8) is 0 Å². The van der Waals surface area contributed by atoms with E-state index in [0.29, 0.717) is 10.9 Å². The van der Waals surface area contributed by atoms with Crippen LogP contribution in [0, 0.1) is 6.92 Å². The van der Waals surface area contributed by atoms with Crippen LogP contribution in [0.4, 0.5) is 0 Å². The zero-order valence-electron chi connectivity index (χ0n) is 6.92. The van der Waals surface area contributed by atoms with E-state index < -0.39 is 0 Å². The molecule has 0 bridgehead atoms. The molecule has 0 aliphatic rings. The van der Waals surface area contributed by atoms with Gasteiger partial charge >= 0.3 is 0 Å². The highest BCUT2D eigenvalue weighted by Crippen LogP contribution is 2.24. The fourth-order valence-electron chi connectivity index (χ4n) is 1.02. The Morgan fingerprint density at radius 3 is 2.45 bits per heavy atom. The number of hydrogen-bond acceptors (Lipinski definition) is 3. The number of carbonyl (C=O) groups is 1. The molecular weight excluding hydrogens is 158 g/mol. The van der Waals surface area contributed by atoms with Crippen LogP contribution in [0.3, 0.4) is 0 Å². The molecule has 0 N–H and O–H groups in total. The molecule has 0 aliphatic heterocycles. The maximum absolute atomic E-state index is 10.3. The minimum atomic E-state index is 0.473. The second-order valence-corrected chi connectivity index (χ2v) is 3.84. The lowest BCUT2D eigenvalue weighted by molar-refractivity contribution is 0.112. The highest BCUT2D eigenvalue weighted by atomic mass is 32.1. The number of aromatic nitrogens is 1. The molecule has 0 saturated carbocycles. The van der Waals surface area contributed by atoms with Crippen molar-refractivity contribution in [2.75, 3.05) is 0 Å². The fraction of sp³-hybridized carbons (Fsp3) is 0.500. The summed E-state index contributed by atoms with van der Waals surface area (Å²) >= 11 is 1.49. The van der Waals surface area contributed by atoms with E-state index in [1.54, 1.807) is 0 Å². The van der Waals surface area contributed by atoms with E-state index in [9.17, 15) is 4.79 Å². The molecule has 0 unspecified atom stereocenters.